The Morgan fingerprint density at radius 1 is 1.29 bits per heavy atom. The van der Waals surface area contributed by atoms with Gasteiger partial charge in [-0.1, -0.05) is 18.2 Å². The van der Waals surface area contributed by atoms with Crippen molar-refractivity contribution in [1.29, 1.82) is 5.26 Å². The van der Waals surface area contributed by atoms with Gasteiger partial charge < -0.3 is 21.1 Å². The topological polar surface area (TPSA) is 113 Å². The van der Waals surface area contributed by atoms with Gasteiger partial charge in [0.1, 0.15) is 17.5 Å². The van der Waals surface area contributed by atoms with Crippen LogP contribution in [0.25, 0.3) is 5.69 Å². The molecule has 0 aliphatic heterocycles. The molecule has 0 spiro atoms. The first-order valence-corrected chi connectivity index (χ1v) is 9.06. The van der Waals surface area contributed by atoms with Crippen molar-refractivity contribution in [2.45, 2.75) is 19.8 Å². The van der Waals surface area contributed by atoms with E-state index in [0.717, 1.165) is 18.1 Å². The minimum absolute atomic E-state index is 0. The lowest BCUT2D eigenvalue weighted by Crippen LogP contribution is -2.39. The number of hydrogen-bond acceptors (Lipinski definition) is 5. The minimum atomic E-state index is 0. The van der Waals surface area contributed by atoms with E-state index in [1.165, 1.54) is 0 Å². The highest BCUT2D eigenvalue weighted by Crippen LogP contribution is 2.21. The molecule has 0 atom stereocenters. The van der Waals surface area contributed by atoms with Crippen LogP contribution in [0.1, 0.15) is 24.6 Å². The molecule has 1 aromatic heterocycles. The van der Waals surface area contributed by atoms with E-state index in [2.05, 4.69) is 26.8 Å². The monoisotopic (exact) mass is 497 g/mol. The maximum absolute atomic E-state index is 9.44. The summed E-state index contributed by atoms with van der Waals surface area (Å²) in [5.74, 6) is 1.10. The molecule has 0 saturated carbocycles. The number of nitrogens with zero attached hydrogens (tertiary/aromatic N) is 4. The average molecular weight is 497 g/mol. The van der Waals surface area contributed by atoms with Gasteiger partial charge in [0, 0.05) is 26.7 Å². The van der Waals surface area contributed by atoms with Gasteiger partial charge in [0.05, 0.1) is 18.0 Å². The third-order valence-corrected chi connectivity index (χ3v) is 3.96. The fourth-order valence-corrected chi connectivity index (χ4v) is 2.61. The summed E-state index contributed by atoms with van der Waals surface area (Å²) < 4.78 is 6.91. The number of nitrogens with one attached hydrogen (secondary N) is 2. The van der Waals surface area contributed by atoms with Gasteiger partial charge >= 0.3 is 0 Å². The van der Waals surface area contributed by atoms with Crippen molar-refractivity contribution < 1.29 is 4.74 Å². The maximum Gasteiger partial charge on any atom is 0.191 e. The van der Waals surface area contributed by atoms with Gasteiger partial charge in [0.2, 0.25) is 0 Å². The van der Waals surface area contributed by atoms with E-state index in [9.17, 15) is 5.26 Å². The minimum Gasteiger partial charge on any atom is -0.382 e. The number of hydrogen-bond donors (Lipinski definition) is 3. The Morgan fingerprint density at radius 2 is 2.00 bits per heavy atom. The second-order valence-electron chi connectivity index (χ2n) is 5.79. The van der Waals surface area contributed by atoms with Crippen molar-refractivity contribution in [2.75, 3.05) is 39.1 Å². The molecule has 0 bridgehead atoms. The summed E-state index contributed by atoms with van der Waals surface area (Å²) in [5, 5.41) is 20.4. The lowest BCUT2D eigenvalue weighted by atomic mass is 10.1. The number of para-hydroxylation sites is 1. The predicted molar refractivity (Wildman–Crippen MR) is 122 cm³/mol. The fourth-order valence-electron chi connectivity index (χ4n) is 2.61. The fraction of sp³-hybridized carbons (Fsp3) is 0.421. The summed E-state index contributed by atoms with van der Waals surface area (Å²) in [7, 11) is 1.73. The first kappa shape index (κ1) is 23.7. The Labute approximate surface area is 183 Å². The van der Waals surface area contributed by atoms with Crippen LogP contribution < -0.4 is 16.4 Å². The molecule has 0 radical (unpaired) electrons. The lowest BCUT2D eigenvalue weighted by molar-refractivity contribution is 0.152. The molecule has 0 saturated heterocycles. The number of guanidine groups is 1. The van der Waals surface area contributed by atoms with Gasteiger partial charge in [-0.05, 0) is 31.9 Å². The zero-order chi connectivity index (χ0) is 19.5. The molecule has 4 N–H and O–H groups in total. The van der Waals surface area contributed by atoms with Crippen LogP contribution in [-0.4, -0.2) is 49.1 Å². The van der Waals surface area contributed by atoms with E-state index >= 15 is 0 Å². The van der Waals surface area contributed by atoms with Crippen molar-refractivity contribution in [3.8, 4) is 11.8 Å². The molecule has 1 aromatic carbocycles. The normalized spacial score (nSPS) is 10.8. The summed E-state index contributed by atoms with van der Waals surface area (Å²) in [4.78, 5) is 4.17. The van der Waals surface area contributed by atoms with Crippen molar-refractivity contribution in [3.63, 3.8) is 0 Å². The van der Waals surface area contributed by atoms with Gasteiger partial charge in [-0.2, -0.15) is 10.4 Å². The summed E-state index contributed by atoms with van der Waals surface area (Å²) in [6, 6.07) is 11.7. The highest BCUT2D eigenvalue weighted by molar-refractivity contribution is 14.0. The average Bonchev–Trinajstić information content (AvgIpc) is 3.02. The van der Waals surface area contributed by atoms with Gasteiger partial charge in [0.15, 0.2) is 5.96 Å². The quantitative estimate of drug-likeness (QED) is 0.212. The molecule has 2 rings (SSSR count). The van der Waals surface area contributed by atoms with Crippen molar-refractivity contribution >= 4 is 35.8 Å². The number of aromatic nitrogens is 2. The molecular formula is C19H28IN7O. The van der Waals surface area contributed by atoms with E-state index in [4.69, 9.17) is 10.5 Å². The number of halogens is 1. The number of rotatable bonds is 9. The molecule has 2 aromatic rings. The summed E-state index contributed by atoms with van der Waals surface area (Å²) in [5.41, 5.74) is 8.11. The number of anilines is 1. The number of aliphatic imine (C=N–C) groups is 1. The van der Waals surface area contributed by atoms with Crippen molar-refractivity contribution in [3.05, 3.63) is 41.6 Å². The first-order valence-electron chi connectivity index (χ1n) is 9.06. The second kappa shape index (κ2) is 13.0. The Hall–Kier alpha value is -2.32. The van der Waals surface area contributed by atoms with Crippen LogP contribution in [0.3, 0.4) is 0 Å². The van der Waals surface area contributed by atoms with Gasteiger partial charge in [-0.3, -0.25) is 4.99 Å². The number of nitriles is 1. The van der Waals surface area contributed by atoms with Crippen LogP contribution in [0, 0.1) is 11.3 Å². The van der Waals surface area contributed by atoms with Crippen LogP contribution in [0.2, 0.25) is 0 Å². The van der Waals surface area contributed by atoms with Crippen LogP contribution in [0.5, 0.6) is 0 Å². The lowest BCUT2D eigenvalue weighted by Gasteiger charge is -2.11. The summed E-state index contributed by atoms with van der Waals surface area (Å²) in [6.07, 6.45) is 1.45. The molecule has 0 aliphatic rings. The first-order chi connectivity index (χ1) is 13.2. The largest absolute Gasteiger partial charge is 0.382 e. The molecule has 28 heavy (non-hydrogen) atoms. The number of nitrogen functional groups attached to an aromatic ring is 1. The Balaban J connectivity index is 0.00000392. The number of ether oxygens (including phenoxy) is 1. The molecule has 1 heterocycles. The predicted octanol–water partition coefficient (Wildman–Crippen LogP) is 2.08. The van der Waals surface area contributed by atoms with E-state index in [1.54, 1.807) is 11.7 Å². The Morgan fingerprint density at radius 3 is 2.64 bits per heavy atom. The third-order valence-electron chi connectivity index (χ3n) is 3.96. The molecule has 0 amide bonds. The van der Waals surface area contributed by atoms with Crippen LogP contribution in [0.4, 0.5) is 5.82 Å². The SMILES string of the molecule is CCOCCNC(=NC)NCCCc1nn(-c2ccccc2)c(N)c1C#N.I. The van der Waals surface area contributed by atoms with Crippen molar-refractivity contribution in [1.82, 2.24) is 20.4 Å². The van der Waals surface area contributed by atoms with E-state index in [0.29, 0.717) is 49.8 Å². The molecule has 152 valence electrons. The number of nitrogens with two attached hydrogens (primary N) is 1. The summed E-state index contributed by atoms with van der Waals surface area (Å²) >= 11 is 0. The molecule has 0 unspecified atom stereocenters. The molecule has 0 fully saturated rings. The van der Waals surface area contributed by atoms with Gasteiger partial charge in [-0.25, -0.2) is 4.68 Å². The third kappa shape index (κ3) is 6.69. The highest BCUT2D eigenvalue weighted by atomic mass is 127. The van der Waals surface area contributed by atoms with Crippen LogP contribution >= 0.6 is 24.0 Å². The summed E-state index contributed by atoms with van der Waals surface area (Å²) in [6.45, 7) is 4.71. The van der Waals surface area contributed by atoms with Gasteiger partial charge in [-0.15, -0.1) is 24.0 Å². The van der Waals surface area contributed by atoms with Crippen LogP contribution in [-0.2, 0) is 11.2 Å². The highest BCUT2D eigenvalue weighted by Gasteiger charge is 2.16. The second-order valence-corrected chi connectivity index (χ2v) is 5.79. The molecule has 8 nitrogen and oxygen atoms in total. The number of benzene rings is 1. The van der Waals surface area contributed by atoms with E-state index < -0.39 is 0 Å². The molecule has 9 heteroatoms. The number of aryl methyl sites for hydroxylation is 1. The van der Waals surface area contributed by atoms with Crippen LogP contribution in [0.15, 0.2) is 35.3 Å². The molecule has 0 aliphatic carbocycles. The van der Waals surface area contributed by atoms with E-state index in [-0.39, 0.29) is 24.0 Å². The van der Waals surface area contributed by atoms with Gasteiger partial charge in [0.25, 0.3) is 0 Å². The Bertz CT molecular complexity index is 784. The smallest absolute Gasteiger partial charge is 0.191 e. The maximum atomic E-state index is 9.44. The van der Waals surface area contributed by atoms with Crippen molar-refractivity contribution in [2.24, 2.45) is 4.99 Å². The standard InChI is InChI=1S/C19H27N7O.HI/c1-3-27-13-12-24-19(22-2)23-11-7-10-17-16(14-20)18(21)26(25-17)15-8-5-4-6-9-15;/h4-6,8-9H,3,7,10-13,21H2,1-2H3,(H2,22,23,24);1H. The molecular weight excluding hydrogens is 469 g/mol. The van der Waals surface area contributed by atoms with E-state index in [1.807, 2.05) is 37.3 Å². The zero-order valence-corrected chi connectivity index (χ0v) is 18.6. The zero-order valence-electron chi connectivity index (χ0n) is 16.3. The Kier molecular flexibility index (Phi) is 11.0.